The predicted molar refractivity (Wildman–Crippen MR) is 70.1 cm³/mol. The molecule has 1 saturated heterocycles. The van der Waals surface area contributed by atoms with Gasteiger partial charge in [-0.1, -0.05) is 19.3 Å². The zero-order valence-corrected chi connectivity index (χ0v) is 11.3. The van der Waals surface area contributed by atoms with Crippen molar-refractivity contribution in [3.8, 4) is 0 Å². The first-order chi connectivity index (χ1) is 8.23. The Bertz CT molecular complexity index is 264. The van der Waals surface area contributed by atoms with Crippen LogP contribution in [0.5, 0.6) is 0 Å². The van der Waals surface area contributed by atoms with Crippen LogP contribution in [0.2, 0.25) is 0 Å². The van der Waals surface area contributed by atoms with E-state index in [0.717, 1.165) is 19.2 Å². The maximum Gasteiger partial charge on any atom is 0.0779 e. The van der Waals surface area contributed by atoms with Gasteiger partial charge in [0.1, 0.15) is 0 Å². The number of hydrogen-bond acceptors (Lipinski definition) is 2. The highest BCUT2D eigenvalue weighted by molar-refractivity contribution is 5.02. The standard InChI is InChI=1S/C15H27NO/c1-14(7-5-11-17-14)12-16-13-6-10-15(13)8-3-2-4-9-15/h13,16H,2-12H2,1H3. The van der Waals surface area contributed by atoms with Crippen molar-refractivity contribution in [1.29, 1.82) is 0 Å². The number of hydrogen-bond donors (Lipinski definition) is 1. The normalized spacial score (nSPS) is 40.4. The molecule has 0 aromatic heterocycles. The van der Waals surface area contributed by atoms with Crippen LogP contribution in [0.1, 0.15) is 64.7 Å². The third-order valence-corrected chi connectivity index (χ3v) is 5.54. The summed E-state index contributed by atoms with van der Waals surface area (Å²) in [4.78, 5) is 0. The molecule has 1 N–H and O–H groups in total. The monoisotopic (exact) mass is 237 g/mol. The zero-order valence-electron chi connectivity index (χ0n) is 11.3. The van der Waals surface area contributed by atoms with Gasteiger partial charge in [-0.2, -0.15) is 0 Å². The minimum atomic E-state index is 0.130. The van der Waals surface area contributed by atoms with Crippen molar-refractivity contribution in [3.63, 3.8) is 0 Å². The smallest absolute Gasteiger partial charge is 0.0779 e. The van der Waals surface area contributed by atoms with Gasteiger partial charge in [0.25, 0.3) is 0 Å². The molecule has 2 aliphatic carbocycles. The first kappa shape index (κ1) is 12.0. The quantitative estimate of drug-likeness (QED) is 0.813. The van der Waals surface area contributed by atoms with E-state index >= 15 is 0 Å². The number of rotatable bonds is 3. The second-order valence-electron chi connectivity index (χ2n) is 6.80. The summed E-state index contributed by atoms with van der Waals surface area (Å²) in [5, 5.41) is 3.84. The van der Waals surface area contributed by atoms with Gasteiger partial charge in [-0.15, -0.1) is 0 Å². The summed E-state index contributed by atoms with van der Waals surface area (Å²) in [6.07, 6.45) is 12.7. The largest absolute Gasteiger partial charge is 0.374 e. The first-order valence-corrected chi connectivity index (χ1v) is 7.60. The minimum absolute atomic E-state index is 0.130. The van der Waals surface area contributed by atoms with E-state index < -0.39 is 0 Å². The number of nitrogens with one attached hydrogen (secondary N) is 1. The molecule has 2 unspecified atom stereocenters. The lowest BCUT2D eigenvalue weighted by Crippen LogP contribution is -2.57. The molecule has 3 aliphatic rings. The fourth-order valence-electron chi connectivity index (χ4n) is 4.19. The zero-order chi connectivity index (χ0) is 11.8. The van der Waals surface area contributed by atoms with Crippen LogP contribution in [0.15, 0.2) is 0 Å². The van der Waals surface area contributed by atoms with Crippen molar-refractivity contribution < 1.29 is 4.74 Å². The third kappa shape index (κ3) is 2.26. The highest BCUT2D eigenvalue weighted by Crippen LogP contribution is 2.51. The molecule has 1 aliphatic heterocycles. The molecule has 2 nitrogen and oxygen atoms in total. The van der Waals surface area contributed by atoms with Crippen molar-refractivity contribution >= 4 is 0 Å². The van der Waals surface area contributed by atoms with Gasteiger partial charge in [0, 0.05) is 19.2 Å². The average Bonchev–Trinajstić information content (AvgIpc) is 2.76. The molecular weight excluding hydrogens is 210 g/mol. The van der Waals surface area contributed by atoms with E-state index in [1.807, 2.05) is 0 Å². The summed E-state index contributed by atoms with van der Waals surface area (Å²) in [6.45, 7) is 4.31. The van der Waals surface area contributed by atoms with Crippen LogP contribution in [-0.2, 0) is 4.74 Å². The molecule has 1 heterocycles. The maximum atomic E-state index is 5.87. The van der Waals surface area contributed by atoms with Crippen molar-refractivity contribution in [1.82, 2.24) is 5.32 Å². The molecule has 0 radical (unpaired) electrons. The van der Waals surface area contributed by atoms with E-state index in [4.69, 9.17) is 4.74 Å². The van der Waals surface area contributed by atoms with E-state index in [-0.39, 0.29) is 5.60 Å². The minimum Gasteiger partial charge on any atom is -0.374 e. The highest BCUT2D eigenvalue weighted by atomic mass is 16.5. The van der Waals surface area contributed by atoms with Crippen LogP contribution < -0.4 is 5.32 Å². The Morgan fingerprint density at radius 2 is 1.88 bits per heavy atom. The van der Waals surface area contributed by atoms with Gasteiger partial charge in [0.05, 0.1) is 5.60 Å². The Morgan fingerprint density at radius 3 is 2.47 bits per heavy atom. The van der Waals surface area contributed by atoms with Crippen LogP contribution in [0.3, 0.4) is 0 Å². The molecule has 0 aromatic rings. The van der Waals surface area contributed by atoms with Crippen molar-refractivity contribution in [2.75, 3.05) is 13.2 Å². The second-order valence-corrected chi connectivity index (χ2v) is 6.80. The highest BCUT2D eigenvalue weighted by Gasteiger charge is 2.47. The van der Waals surface area contributed by atoms with Gasteiger partial charge in [-0.05, 0) is 50.9 Å². The van der Waals surface area contributed by atoms with Gasteiger partial charge in [-0.3, -0.25) is 0 Å². The Kier molecular flexibility index (Phi) is 3.20. The fourth-order valence-corrected chi connectivity index (χ4v) is 4.19. The summed E-state index contributed by atoms with van der Waals surface area (Å²) < 4.78 is 5.87. The molecule has 17 heavy (non-hydrogen) atoms. The topological polar surface area (TPSA) is 21.3 Å². The molecule has 98 valence electrons. The molecular formula is C15H27NO. The molecule has 3 fully saturated rings. The molecule has 2 atom stereocenters. The van der Waals surface area contributed by atoms with Gasteiger partial charge in [0.2, 0.25) is 0 Å². The Balaban J connectivity index is 1.52. The van der Waals surface area contributed by atoms with E-state index in [0.29, 0.717) is 5.41 Å². The average molecular weight is 237 g/mol. The van der Waals surface area contributed by atoms with E-state index in [1.165, 1.54) is 57.8 Å². The lowest BCUT2D eigenvalue weighted by Gasteiger charge is -2.53. The lowest BCUT2D eigenvalue weighted by atomic mass is 9.57. The van der Waals surface area contributed by atoms with Gasteiger partial charge in [-0.25, -0.2) is 0 Å². The second kappa shape index (κ2) is 4.55. The van der Waals surface area contributed by atoms with Crippen LogP contribution >= 0.6 is 0 Å². The van der Waals surface area contributed by atoms with Gasteiger partial charge in [0.15, 0.2) is 0 Å². The maximum absolute atomic E-state index is 5.87. The molecule has 0 amide bonds. The van der Waals surface area contributed by atoms with Gasteiger partial charge >= 0.3 is 0 Å². The fraction of sp³-hybridized carbons (Fsp3) is 1.00. The molecule has 0 bridgehead atoms. The molecule has 0 aromatic carbocycles. The Labute approximate surface area is 105 Å². The summed E-state index contributed by atoms with van der Waals surface area (Å²) in [5.41, 5.74) is 0.818. The van der Waals surface area contributed by atoms with Crippen molar-refractivity contribution in [2.24, 2.45) is 5.41 Å². The summed E-state index contributed by atoms with van der Waals surface area (Å²) >= 11 is 0. The summed E-state index contributed by atoms with van der Waals surface area (Å²) in [6, 6.07) is 0.795. The Hall–Kier alpha value is -0.0800. The lowest BCUT2D eigenvalue weighted by molar-refractivity contribution is -0.0145. The molecule has 3 rings (SSSR count). The first-order valence-electron chi connectivity index (χ1n) is 7.60. The Morgan fingerprint density at radius 1 is 1.06 bits per heavy atom. The molecule has 2 heteroatoms. The summed E-state index contributed by atoms with van der Waals surface area (Å²) in [7, 11) is 0. The number of ether oxygens (including phenoxy) is 1. The van der Waals surface area contributed by atoms with Crippen molar-refractivity contribution in [3.05, 3.63) is 0 Å². The third-order valence-electron chi connectivity index (χ3n) is 5.54. The van der Waals surface area contributed by atoms with Crippen LogP contribution in [0, 0.1) is 5.41 Å². The van der Waals surface area contributed by atoms with E-state index in [1.54, 1.807) is 0 Å². The van der Waals surface area contributed by atoms with E-state index in [2.05, 4.69) is 12.2 Å². The SMILES string of the molecule is CC1(CNC2CCC23CCCCC3)CCCO1. The molecule has 2 saturated carbocycles. The van der Waals surface area contributed by atoms with Crippen LogP contribution in [0.25, 0.3) is 0 Å². The van der Waals surface area contributed by atoms with Gasteiger partial charge < -0.3 is 10.1 Å². The predicted octanol–water partition coefficient (Wildman–Crippen LogP) is 3.26. The van der Waals surface area contributed by atoms with Crippen molar-refractivity contribution in [2.45, 2.75) is 76.4 Å². The molecule has 1 spiro atoms. The van der Waals surface area contributed by atoms with E-state index in [9.17, 15) is 0 Å². The van der Waals surface area contributed by atoms with Crippen LogP contribution in [0.4, 0.5) is 0 Å². The summed E-state index contributed by atoms with van der Waals surface area (Å²) in [5.74, 6) is 0. The van der Waals surface area contributed by atoms with Crippen LogP contribution in [-0.4, -0.2) is 24.8 Å².